The van der Waals surface area contributed by atoms with Crippen molar-refractivity contribution in [2.24, 2.45) is 0 Å². The third-order valence-electron chi connectivity index (χ3n) is 7.71. The van der Waals surface area contributed by atoms with E-state index in [9.17, 15) is 4.79 Å². The van der Waals surface area contributed by atoms with Gasteiger partial charge in [-0.25, -0.2) is 15.0 Å². The van der Waals surface area contributed by atoms with Crippen molar-refractivity contribution >= 4 is 16.9 Å². The SMILES string of the molecule is Cc1ncnc(C)c1C(=O)NCc1ccc(CN(Cc2nc3ccccc3[nH]2)C2CCCc3cccnc32)cc1. The molecule has 2 aromatic carbocycles. The Morgan fingerprint density at radius 1 is 0.950 bits per heavy atom. The molecule has 1 aliphatic rings. The van der Waals surface area contributed by atoms with Crippen LogP contribution in [-0.2, 0) is 26.1 Å². The van der Waals surface area contributed by atoms with Crippen molar-refractivity contribution in [2.75, 3.05) is 0 Å². The lowest BCUT2D eigenvalue weighted by atomic mass is 9.90. The lowest BCUT2D eigenvalue weighted by molar-refractivity contribution is 0.0948. The summed E-state index contributed by atoms with van der Waals surface area (Å²) in [7, 11) is 0. The highest BCUT2D eigenvalue weighted by Crippen LogP contribution is 2.34. The van der Waals surface area contributed by atoms with Gasteiger partial charge < -0.3 is 10.3 Å². The van der Waals surface area contributed by atoms with E-state index >= 15 is 0 Å². The molecule has 0 saturated heterocycles. The molecular formula is C32H33N7O. The van der Waals surface area contributed by atoms with Gasteiger partial charge >= 0.3 is 0 Å². The molecule has 0 spiro atoms. The monoisotopic (exact) mass is 531 g/mol. The van der Waals surface area contributed by atoms with Crippen molar-refractivity contribution in [1.29, 1.82) is 0 Å². The van der Waals surface area contributed by atoms with E-state index in [1.807, 2.05) is 44.3 Å². The minimum absolute atomic E-state index is 0.153. The first kappa shape index (κ1) is 25.8. The molecule has 0 saturated carbocycles. The van der Waals surface area contributed by atoms with E-state index in [4.69, 9.17) is 9.97 Å². The summed E-state index contributed by atoms with van der Waals surface area (Å²) in [4.78, 5) is 36.8. The average molecular weight is 532 g/mol. The summed E-state index contributed by atoms with van der Waals surface area (Å²) in [6, 6.07) is 21.1. The van der Waals surface area contributed by atoms with Crippen LogP contribution in [0.1, 0.15) is 68.8 Å². The average Bonchev–Trinajstić information content (AvgIpc) is 3.38. The molecule has 1 atom stereocenters. The van der Waals surface area contributed by atoms with Crippen molar-refractivity contribution in [2.45, 2.75) is 58.8 Å². The Hall–Kier alpha value is -4.43. The van der Waals surface area contributed by atoms with Crippen LogP contribution in [0.5, 0.6) is 0 Å². The molecule has 202 valence electrons. The van der Waals surface area contributed by atoms with Gasteiger partial charge in [-0.15, -0.1) is 0 Å². The molecule has 0 radical (unpaired) electrons. The van der Waals surface area contributed by atoms with Gasteiger partial charge in [0, 0.05) is 19.3 Å². The predicted molar refractivity (Wildman–Crippen MR) is 154 cm³/mol. The quantitative estimate of drug-likeness (QED) is 0.279. The normalized spacial score (nSPS) is 14.8. The maximum Gasteiger partial charge on any atom is 0.255 e. The van der Waals surface area contributed by atoms with Gasteiger partial charge in [-0.05, 0) is 68.0 Å². The van der Waals surface area contributed by atoms with E-state index in [1.165, 1.54) is 23.1 Å². The number of imidazole rings is 1. The Kier molecular flexibility index (Phi) is 7.33. The molecule has 1 unspecified atom stereocenters. The van der Waals surface area contributed by atoms with Crippen LogP contribution in [0.25, 0.3) is 11.0 Å². The zero-order chi connectivity index (χ0) is 27.5. The topological polar surface area (TPSA) is 99.7 Å². The summed E-state index contributed by atoms with van der Waals surface area (Å²) in [5.41, 5.74) is 8.72. The molecule has 5 aromatic rings. The Bertz CT molecular complexity index is 1590. The number of para-hydroxylation sites is 2. The first-order valence-electron chi connectivity index (χ1n) is 13.8. The first-order valence-corrected chi connectivity index (χ1v) is 13.8. The number of aromatic amines is 1. The fourth-order valence-corrected chi connectivity index (χ4v) is 5.68. The van der Waals surface area contributed by atoms with Crippen LogP contribution in [0.3, 0.4) is 0 Å². The number of rotatable bonds is 8. The minimum Gasteiger partial charge on any atom is -0.348 e. The maximum absolute atomic E-state index is 12.8. The first-order chi connectivity index (χ1) is 19.5. The second kappa shape index (κ2) is 11.4. The van der Waals surface area contributed by atoms with Crippen LogP contribution in [0.2, 0.25) is 0 Å². The van der Waals surface area contributed by atoms with Crippen LogP contribution in [0.4, 0.5) is 0 Å². The lowest BCUT2D eigenvalue weighted by Crippen LogP contribution is -2.31. The summed E-state index contributed by atoms with van der Waals surface area (Å²) in [5.74, 6) is 0.805. The summed E-state index contributed by atoms with van der Waals surface area (Å²) in [6.45, 7) is 5.57. The number of hydrogen-bond acceptors (Lipinski definition) is 6. The lowest BCUT2D eigenvalue weighted by Gasteiger charge is -2.34. The van der Waals surface area contributed by atoms with Gasteiger partial charge in [0.2, 0.25) is 0 Å². The standard InChI is InChI=1S/C32H33N7O/c1-21-30(22(2)36-20-35-21)32(40)34-17-23-12-14-24(15-13-23)18-39(19-29-37-26-9-3-4-10-27(26)38-29)28-11-5-7-25-8-6-16-33-31(25)28/h3-4,6,8-10,12-16,20,28H,5,7,11,17-19H2,1-2H3,(H,34,40)(H,37,38). The molecule has 6 rings (SSSR count). The van der Waals surface area contributed by atoms with Gasteiger partial charge in [0.25, 0.3) is 5.91 Å². The highest BCUT2D eigenvalue weighted by atomic mass is 16.1. The number of hydrogen-bond donors (Lipinski definition) is 2. The Morgan fingerprint density at radius 3 is 2.52 bits per heavy atom. The van der Waals surface area contributed by atoms with E-state index in [-0.39, 0.29) is 11.9 Å². The fourth-order valence-electron chi connectivity index (χ4n) is 5.68. The third kappa shape index (κ3) is 5.49. The molecule has 3 aromatic heterocycles. The number of benzene rings is 2. The molecule has 40 heavy (non-hydrogen) atoms. The number of nitrogens with zero attached hydrogens (tertiary/aromatic N) is 5. The number of aryl methyl sites for hydroxylation is 3. The van der Waals surface area contributed by atoms with Gasteiger partial charge in [0.1, 0.15) is 12.2 Å². The maximum atomic E-state index is 12.8. The van der Waals surface area contributed by atoms with Crippen LogP contribution < -0.4 is 5.32 Å². The molecule has 8 nitrogen and oxygen atoms in total. The van der Waals surface area contributed by atoms with Crippen molar-refractivity contribution in [1.82, 2.24) is 35.1 Å². The smallest absolute Gasteiger partial charge is 0.255 e. The molecule has 3 heterocycles. The number of nitrogens with one attached hydrogen (secondary N) is 2. The third-order valence-corrected chi connectivity index (χ3v) is 7.71. The van der Waals surface area contributed by atoms with Gasteiger partial charge in [-0.3, -0.25) is 14.7 Å². The number of pyridine rings is 1. The number of carbonyl (C=O) groups is 1. The van der Waals surface area contributed by atoms with Crippen molar-refractivity contribution < 1.29 is 4.79 Å². The molecule has 2 N–H and O–H groups in total. The van der Waals surface area contributed by atoms with Gasteiger partial charge in [-0.2, -0.15) is 0 Å². The number of amides is 1. The predicted octanol–water partition coefficient (Wildman–Crippen LogP) is 5.37. The van der Waals surface area contributed by atoms with E-state index < -0.39 is 0 Å². The fraction of sp³-hybridized carbons (Fsp3) is 0.281. The van der Waals surface area contributed by atoms with Gasteiger partial charge in [-0.1, -0.05) is 42.5 Å². The van der Waals surface area contributed by atoms with Gasteiger partial charge in [0.05, 0.1) is 46.3 Å². The Morgan fingerprint density at radius 2 is 1.73 bits per heavy atom. The minimum atomic E-state index is -0.153. The van der Waals surface area contributed by atoms with Crippen molar-refractivity contribution in [3.63, 3.8) is 0 Å². The molecule has 1 amide bonds. The second-order valence-electron chi connectivity index (χ2n) is 10.5. The second-order valence-corrected chi connectivity index (χ2v) is 10.5. The summed E-state index contributed by atoms with van der Waals surface area (Å²) in [6.07, 6.45) is 6.68. The highest BCUT2D eigenvalue weighted by Gasteiger charge is 2.28. The summed E-state index contributed by atoms with van der Waals surface area (Å²) >= 11 is 0. The highest BCUT2D eigenvalue weighted by molar-refractivity contribution is 5.96. The van der Waals surface area contributed by atoms with Gasteiger partial charge in [0.15, 0.2) is 0 Å². The molecule has 0 bridgehead atoms. The Balaban J connectivity index is 1.20. The molecular weight excluding hydrogens is 498 g/mol. The molecule has 0 aliphatic heterocycles. The van der Waals surface area contributed by atoms with Crippen LogP contribution in [0, 0.1) is 13.8 Å². The van der Waals surface area contributed by atoms with Crippen molar-refractivity contribution in [3.8, 4) is 0 Å². The van der Waals surface area contributed by atoms with E-state index in [0.29, 0.717) is 30.0 Å². The number of aromatic nitrogens is 5. The van der Waals surface area contributed by atoms with Crippen LogP contribution in [-0.4, -0.2) is 35.7 Å². The largest absolute Gasteiger partial charge is 0.348 e. The number of H-pyrrole nitrogens is 1. The number of carbonyl (C=O) groups excluding carboxylic acids is 1. The molecule has 8 heteroatoms. The van der Waals surface area contributed by atoms with Crippen LogP contribution in [0.15, 0.2) is 73.2 Å². The summed E-state index contributed by atoms with van der Waals surface area (Å²) in [5, 5.41) is 3.02. The molecule has 1 aliphatic carbocycles. The van der Waals surface area contributed by atoms with E-state index in [1.54, 1.807) is 0 Å². The summed E-state index contributed by atoms with van der Waals surface area (Å²) < 4.78 is 0. The number of fused-ring (bicyclic) bond motifs is 2. The van der Waals surface area contributed by atoms with Crippen molar-refractivity contribution in [3.05, 3.63) is 118 Å². The Labute approximate surface area is 233 Å². The van der Waals surface area contributed by atoms with E-state index in [2.05, 4.69) is 61.6 Å². The zero-order valence-electron chi connectivity index (χ0n) is 22.9. The zero-order valence-corrected chi connectivity index (χ0v) is 22.9. The van der Waals surface area contributed by atoms with E-state index in [0.717, 1.165) is 48.2 Å². The molecule has 0 fully saturated rings. The van der Waals surface area contributed by atoms with Crippen LogP contribution >= 0.6 is 0 Å².